The minimum Gasteiger partial charge on any atom is -0.392 e. The normalized spacial score (nSPS) is 18.2. The topological polar surface area (TPSA) is 52.6 Å². The lowest BCUT2D eigenvalue weighted by Gasteiger charge is -2.29. The van der Waals surface area contributed by atoms with E-state index in [0.717, 1.165) is 24.0 Å². The fourth-order valence-electron chi connectivity index (χ4n) is 2.83. The quantitative estimate of drug-likeness (QED) is 0.873. The number of carbonyl (C=O) groups excluding carboxylic acids is 1. The van der Waals surface area contributed by atoms with E-state index in [0.29, 0.717) is 16.6 Å². The number of aliphatic hydroxyl groups excluding tert-OH is 1. The number of aliphatic hydroxyl groups is 1. The third-order valence-electron chi connectivity index (χ3n) is 3.93. The molecular weight excluding hydrogens is 323 g/mol. The first-order valence-corrected chi connectivity index (χ1v) is 8.28. The van der Waals surface area contributed by atoms with Gasteiger partial charge in [0.2, 0.25) is 0 Å². The van der Waals surface area contributed by atoms with Crippen molar-refractivity contribution in [1.29, 1.82) is 0 Å². The van der Waals surface area contributed by atoms with Crippen LogP contribution in [-0.2, 0) is 6.42 Å². The molecular formula is C16H22Cl2N2O2. The van der Waals surface area contributed by atoms with Gasteiger partial charge in [-0.25, -0.2) is 4.79 Å². The van der Waals surface area contributed by atoms with Crippen molar-refractivity contribution < 1.29 is 9.90 Å². The van der Waals surface area contributed by atoms with E-state index in [1.807, 2.05) is 19.9 Å². The van der Waals surface area contributed by atoms with Gasteiger partial charge in [0.1, 0.15) is 0 Å². The third-order valence-corrected chi connectivity index (χ3v) is 4.78. The van der Waals surface area contributed by atoms with Gasteiger partial charge in [0.15, 0.2) is 0 Å². The summed E-state index contributed by atoms with van der Waals surface area (Å²) < 4.78 is 0. The minimum atomic E-state index is -0.558. The average Bonchev–Trinajstić information content (AvgIpc) is 2.83. The first-order valence-electron chi connectivity index (χ1n) is 7.53. The molecule has 4 nitrogen and oxygen atoms in total. The standard InChI is InChI=1S/C16H22Cl2N2O2/c1-9(2)20(8-10(3)21)16(22)19-14-7-5-12-11(14)4-6-13(17)15(12)18/h4,6,9-10,14,21H,5,7-8H2,1-3H3,(H,19,22). The lowest BCUT2D eigenvalue weighted by molar-refractivity contribution is 0.117. The molecule has 2 amide bonds. The monoisotopic (exact) mass is 344 g/mol. The van der Waals surface area contributed by atoms with Crippen molar-refractivity contribution in [3.8, 4) is 0 Å². The van der Waals surface area contributed by atoms with Gasteiger partial charge < -0.3 is 15.3 Å². The first kappa shape index (κ1) is 17.4. The number of hydrogen-bond acceptors (Lipinski definition) is 2. The Labute approximate surface area is 141 Å². The molecule has 0 saturated heterocycles. The molecule has 0 radical (unpaired) electrons. The Hall–Kier alpha value is -0.970. The van der Waals surface area contributed by atoms with Crippen molar-refractivity contribution >= 4 is 29.2 Å². The molecule has 0 fully saturated rings. The predicted octanol–water partition coefficient (Wildman–Crippen LogP) is 3.78. The Morgan fingerprint density at radius 2 is 2.09 bits per heavy atom. The van der Waals surface area contributed by atoms with Gasteiger partial charge in [0, 0.05) is 12.6 Å². The van der Waals surface area contributed by atoms with Crippen LogP contribution in [0.3, 0.4) is 0 Å². The molecule has 2 atom stereocenters. The highest BCUT2D eigenvalue weighted by atomic mass is 35.5. The summed E-state index contributed by atoms with van der Waals surface area (Å²) in [6, 6.07) is 3.48. The number of hydrogen-bond donors (Lipinski definition) is 2. The Balaban J connectivity index is 2.13. The van der Waals surface area contributed by atoms with Crippen LogP contribution >= 0.6 is 23.2 Å². The molecule has 1 aromatic carbocycles. The summed E-state index contributed by atoms with van der Waals surface area (Å²) in [7, 11) is 0. The number of amides is 2. The summed E-state index contributed by atoms with van der Waals surface area (Å²) in [5.74, 6) is 0. The maximum atomic E-state index is 12.5. The second-order valence-corrected chi connectivity index (χ2v) is 6.85. The largest absolute Gasteiger partial charge is 0.392 e. The SMILES string of the molecule is CC(O)CN(C(=O)NC1CCc2c1ccc(Cl)c2Cl)C(C)C. The summed E-state index contributed by atoms with van der Waals surface area (Å²) in [5.41, 5.74) is 2.05. The molecule has 0 saturated carbocycles. The van der Waals surface area contributed by atoms with E-state index in [9.17, 15) is 9.90 Å². The smallest absolute Gasteiger partial charge is 0.318 e. The number of benzene rings is 1. The van der Waals surface area contributed by atoms with Crippen LogP contribution in [0.2, 0.25) is 10.0 Å². The maximum Gasteiger partial charge on any atom is 0.318 e. The van der Waals surface area contributed by atoms with Gasteiger partial charge in [0.05, 0.1) is 22.2 Å². The van der Waals surface area contributed by atoms with Gasteiger partial charge in [-0.05, 0) is 50.8 Å². The van der Waals surface area contributed by atoms with Gasteiger partial charge in [-0.1, -0.05) is 29.3 Å². The van der Waals surface area contributed by atoms with Gasteiger partial charge >= 0.3 is 6.03 Å². The van der Waals surface area contributed by atoms with E-state index in [-0.39, 0.29) is 18.1 Å². The summed E-state index contributed by atoms with van der Waals surface area (Å²) >= 11 is 12.3. The molecule has 0 aromatic heterocycles. The molecule has 1 aliphatic rings. The molecule has 0 aliphatic heterocycles. The van der Waals surface area contributed by atoms with E-state index in [1.165, 1.54) is 0 Å². The Bertz CT molecular complexity index is 561. The Kier molecular flexibility index (Phi) is 5.59. The molecule has 1 aromatic rings. The molecule has 0 heterocycles. The van der Waals surface area contributed by atoms with Crippen molar-refractivity contribution in [1.82, 2.24) is 10.2 Å². The number of nitrogens with zero attached hydrogens (tertiary/aromatic N) is 1. The van der Waals surface area contributed by atoms with E-state index in [1.54, 1.807) is 17.9 Å². The average molecular weight is 345 g/mol. The van der Waals surface area contributed by atoms with E-state index in [4.69, 9.17) is 23.2 Å². The molecule has 0 bridgehead atoms. The highest BCUT2D eigenvalue weighted by Gasteiger charge is 2.29. The zero-order valence-corrected chi connectivity index (χ0v) is 14.6. The van der Waals surface area contributed by atoms with Gasteiger partial charge in [-0.3, -0.25) is 0 Å². The summed E-state index contributed by atoms with van der Waals surface area (Å²) in [6.07, 6.45) is 1.05. The van der Waals surface area contributed by atoms with Crippen molar-refractivity contribution in [2.75, 3.05) is 6.54 Å². The van der Waals surface area contributed by atoms with Gasteiger partial charge in [0.25, 0.3) is 0 Å². The van der Waals surface area contributed by atoms with Crippen LogP contribution in [0.5, 0.6) is 0 Å². The van der Waals surface area contributed by atoms with Crippen molar-refractivity contribution in [2.45, 2.75) is 51.8 Å². The maximum absolute atomic E-state index is 12.5. The van der Waals surface area contributed by atoms with Gasteiger partial charge in [-0.2, -0.15) is 0 Å². The highest BCUT2D eigenvalue weighted by Crippen LogP contribution is 2.39. The number of nitrogens with one attached hydrogen (secondary N) is 1. The van der Waals surface area contributed by atoms with Crippen LogP contribution < -0.4 is 5.32 Å². The molecule has 1 aliphatic carbocycles. The lowest BCUT2D eigenvalue weighted by atomic mass is 10.1. The summed E-state index contributed by atoms with van der Waals surface area (Å²) in [5, 5.41) is 13.7. The Morgan fingerprint density at radius 3 is 2.68 bits per heavy atom. The number of rotatable bonds is 4. The third kappa shape index (κ3) is 3.67. The summed E-state index contributed by atoms with van der Waals surface area (Å²) in [6.45, 7) is 5.85. The van der Waals surface area contributed by atoms with E-state index < -0.39 is 6.10 Å². The van der Waals surface area contributed by atoms with Crippen molar-refractivity contribution in [3.63, 3.8) is 0 Å². The predicted molar refractivity (Wildman–Crippen MR) is 89.6 cm³/mol. The number of halogens is 2. The van der Waals surface area contributed by atoms with Crippen LogP contribution in [0.15, 0.2) is 12.1 Å². The Morgan fingerprint density at radius 1 is 1.41 bits per heavy atom. The molecule has 6 heteroatoms. The van der Waals surface area contributed by atoms with Crippen LogP contribution in [0, 0.1) is 0 Å². The molecule has 2 rings (SSSR count). The van der Waals surface area contributed by atoms with Crippen LogP contribution in [0.4, 0.5) is 4.79 Å². The zero-order chi connectivity index (χ0) is 16.4. The molecule has 2 N–H and O–H groups in total. The minimum absolute atomic E-state index is 0.0179. The second-order valence-electron chi connectivity index (χ2n) is 6.07. The number of fused-ring (bicyclic) bond motifs is 1. The zero-order valence-electron chi connectivity index (χ0n) is 13.1. The summed E-state index contributed by atoms with van der Waals surface area (Å²) in [4.78, 5) is 14.1. The molecule has 0 spiro atoms. The highest BCUT2D eigenvalue weighted by molar-refractivity contribution is 6.42. The molecule has 122 valence electrons. The van der Waals surface area contributed by atoms with Crippen molar-refractivity contribution in [3.05, 3.63) is 33.3 Å². The molecule has 2 unspecified atom stereocenters. The van der Waals surface area contributed by atoms with E-state index in [2.05, 4.69) is 5.32 Å². The van der Waals surface area contributed by atoms with Gasteiger partial charge in [-0.15, -0.1) is 0 Å². The lowest BCUT2D eigenvalue weighted by Crippen LogP contribution is -2.47. The number of carbonyl (C=O) groups is 1. The fraction of sp³-hybridized carbons (Fsp3) is 0.562. The number of urea groups is 1. The van der Waals surface area contributed by atoms with Crippen LogP contribution in [0.1, 0.15) is 44.4 Å². The second kappa shape index (κ2) is 7.07. The van der Waals surface area contributed by atoms with Crippen LogP contribution in [0.25, 0.3) is 0 Å². The molecule has 22 heavy (non-hydrogen) atoms. The first-order chi connectivity index (χ1) is 10.3. The van der Waals surface area contributed by atoms with Crippen LogP contribution in [-0.4, -0.2) is 34.7 Å². The fourth-order valence-corrected chi connectivity index (χ4v) is 3.27. The van der Waals surface area contributed by atoms with E-state index >= 15 is 0 Å². The van der Waals surface area contributed by atoms with Crippen molar-refractivity contribution in [2.24, 2.45) is 0 Å².